The van der Waals surface area contributed by atoms with Crippen LogP contribution in [0.1, 0.15) is 36.3 Å². The molecule has 110 valence electrons. The molecule has 2 aromatic heterocycles. The first-order valence-electron chi connectivity index (χ1n) is 6.90. The summed E-state index contributed by atoms with van der Waals surface area (Å²) in [4.78, 5) is 24.2. The molecule has 21 heavy (non-hydrogen) atoms. The Kier molecular flexibility index (Phi) is 3.32. The number of carbonyl (C=O) groups excluding carboxylic acids is 1. The molecule has 0 aliphatic heterocycles. The molecule has 1 amide bonds. The van der Waals surface area contributed by atoms with Crippen LogP contribution in [-0.2, 0) is 17.6 Å². The van der Waals surface area contributed by atoms with Crippen LogP contribution in [0.4, 0.5) is 5.88 Å². The lowest BCUT2D eigenvalue weighted by atomic mass is 10.2. The number of carbonyl (C=O) groups is 1. The number of nitrogens with zero attached hydrogens (tertiary/aromatic N) is 3. The Morgan fingerprint density at radius 3 is 2.95 bits per heavy atom. The zero-order valence-corrected chi connectivity index (χ0v) is 11.9. The molecular formula is C14H16N4O3. The lowest BCUT2D eigenvalue weighted by Crippen LogP contribution is -2.33. The van der Waals surface area contributed by atoms with E-state index in [1.807, 2.05) is 0 Å². The molecule has 1 aliphatic carbocycles. The van der Waals surface area contributed by atoms with Crippen LogP contribution in [0, 0.1) is 6.92 Å². The van der Waals surface area contributed by atoms with Gasteiger partial charge in [0, 0.05) is 12.1 Å². The van der Waals surface area contributed by atoms with Gasteiger partial charge in [0.1, 0.15) is 6.04 Å². The van der Waals surface area contributed by atoms with Gasteiger partial charge in [0.05, 0.1) is 11.4 Å². The van der Waals surface area contributed by atoms with Crippen LogP contribution < -0.4 is 10.9 Å². The van der Waals surface area contributed by atoms with Gasteiger partial charge >= 0.3 is 0 Å². The van der Waals surface area contributed by atoms with Gasteiger partial charge in [0.25, 0.3) is 11.5 Å². The predicted molar refractivity (Wildman–Crippen MR) is 75.1 cm³/mol. The Hall–Kier alpha value is -2.44. The average molecular weight is 288 g/mol. The van der Waals surface area contributed by atoms with Gasteiger partial charge in [0.15, 0.2) is 0 Å². The summed E-state index contributed by atoms with van der Waals surface area (Å²) in [5.74, 6) is -0.0998. The highest BCUT2D eigenvalue weighted by Gasteiger charge is 2.22. The van der Waals surface area contributed by atoms with Crippen molar-refractivity contribution in [3.63, 3.8) is 0 Å². The Bertz CT molecular complexity index is 747. The Balaban J connectivity index is 1.83. The number of hydrogen-bond acceptors (Lipinski definition) is 5. The fourth-order valence-electron chi connectivity index (χ4n) is 2.45. The Morgan fingerprint density at radius 2 is 2.24 bits per heavy atom. The quantitative estimate of drug-likeness (QED) is 0.917. The molecule has 2 aromatic rings. The maximum atomic E-state index is 12.2. The molecule has 0 aromatic carbocycles. The van der Waals surface area contributed by atoms with Crippen molar-refractivity contribution < 1.29 is 9.32 Å². The molecule has 1 aliphatic rings. The molecule has 0 fully saturated rings. The average Bonchev–Trinajstić information content (AvgIpc) is 3.05. The molecule has 0 saturated carbocycles. The summed E-state index contributed by atoms with van der Waals surface area (Å²) in [5.41, 5.74) is 2.32. The summed E-state index contributed by atoms with van der Waals surface area (Å²) < 4.78 is 6.16. The van der Waals surface area contributed by atoms with Crippen molar-refractivity contribution in [1.29, 1.82) is 0 Å². The summed E-state index contributed by atoms with van der Waals surface area (Å²) in [6.07, 6.45) is 2.74. The number of anilines is 1. The second kappa shape index (κ2) is 5.16. The minimum atomic E-state index is -0.714. The maximum absolute atomic E-state index is 12.2. The van der Waals surface area contributed by atoms with Gasteiger partial charge < -0.3 is 4.52 Å². The number of hydrogen-bond donors (Lipinski definition) is 1. The van der Waals surface area contributed by atoms with Crippen molar-refractivity contribution in [3.05, 3.63) is 39.4 Å². The van der Waals surface area contributed by atoms with E-state index in [-0.39, 0.29) is 17.4 Å². The van der Waals surface area contributed by atoms with Gasteiger partial charge in [-0.05, 0) is 38.7 Å². The molecule has 3 rings (SSSR count). The van der Waals surface area contributed by atoms with E-state index in [0.29, 0.717) is 5.69 Å². The fourth-order valence-corrected chi connectivity index (χ4v) is 2.45. The number of rotatable bonds is 3. The number of aromatic nitrogens is 3. The van der Waals surface area contributed by atoms with Crippen LogP contribution >= 0.6 is 0 Å². The Morgan fingerprint density at radius 1 is 1.43 bits per heavy atom. The zero-order valence-electron chi connectivity index (χ0n) is 11.9. The largest absolute Gasteiger partial charge is 0.338 e. The van der Waals surface area contributed by atoms with Gasteiger partial charge in [-0.2, -0.15) is 5.10 Å². The van der Waals surface area contributed by atoms with Gasteiger partial charge in [-0.15, -0.1) is 0 Å². The van der Waals surface area contributed by atoms with E-state index in [0.717, 1.165) is 30.5 Å². The molecule has 0 unspecified atom stereocenters. The predicted octanol–water partition coefficient (Wildman–Crippen LogP) is 1.23. The molecule has 0 radical (unpaired) electrons. The molecule has 1 N–H and O–H groups in total. The van der Waals surface area contributed by atoms with Crippen LogP contribution in [0.25, 0.3) is 0 Å². The summed E-state index contributed by atoms with van der Waals surface area (Å²) in [5, 5.41) is 10.6. The monoisotopic (exact) mass is 288 g/mol. The fraction of sp³-hybridized carbons (Fsp3) is 0.429. The Labute approximate surface area is 120 Å². The lowest BCUT2D eigenvalue weighted by molar-refractivity contribution is -0.119. The first kappa shape index (κ1) is 13.5. The van der Waals surface area contributed by atoms with E-state index in [2.05, 4.69) is 15.6 Å². The third-order valence-corrected chi connectivity index (χ3v) is 3.60. The minimum absolute atomic E-state index is 0.257. The molecule has 2 heterocycles. The van der Waals surface area contributed by atoms with E-state index in [1.54, 1.807) is 26.0 Å². The topological polar surface area (TPSA) is 90.0 Å². The highest BCUT2D eigenvalue weighted by molar-refractivity contribution is 5.92. The first-order chi connectivity index (χ1) is 10.0. The molecule has 0 saturated heterocycles. The van der Waals surface area contributed by atoms with Crippen molar-refractivity contribution >= 4 is 11.8 Å². The summed E-state index contributed by atoms with van der Waals surface area (Å²) in [6, 6.07) is 2.48. The number of nitrogens with one attached hydrogen (secondary N) is 1. The van der Waals surface area contributed by atoms with E-state index in [1.165, 1.54) is 4.68 Å². The van der Waals surface area contributed by atoms with Gasteiger partial charge in [0.2, 0.25) is 5.88 Å². The molecule has 7 heteroatoms. The second-order valence-electron chi connectivity index (χ2n) is 5.25. The molecule has 0 spiro atoms. The van der Waals surface area contributed by atoms with E-state index >= 15 is 0 Å². The SMILES string of the molecule is Cc1cc(NC(=O)[C@@H](C)n2nc3c(cc2=O)CCC3)on1. The molecule has 0 bridgehead atoms. The van der Waals surface area contributed by atoms with Gasteiger partial charge in [-0.1, -0.05) is 5.16 Å². The van der Waals surface area contributed by atoms with Gasteiger partial charge in [-0.3, -0.25) is 14.9 Å². The highest BCUT2D eigenvalue weighted by Crippen LogP contribution is 2.18. The van der Waals surface area contributed by atoms with Crippen molar-refractivity contribution in [2.45, 2.75) is 39.2 Å². The standard InChI is InChI=1S/C14H16N4O3/c1-8-6-12(21-17-8)15-14(20)9(2)18-13(19)7-10-4-3-5-11(10)16-18/h6-7,9H,3-5H2,1-2H3,(H,15,20)/t9-/m1/s1. The molecular weight excluding hydrogens is 272 g/mol. The minimum Gasteiger partial charge on any atom is -0.338 e. The summed E-state index contributed by atoms with van der Waals surface area (Å²) in [7, 11) is 0. The zero-order chi connectivity index (χ0) is 15.0. The lowest BCUT2D eigenvalue weighted by Gasteiger charge is -2.13. The maximum Gasteiger partial charge on any atom is 0.267 e. The van der Waals surface area contributed by atoms with Crippen molar-refractivity contribution in [2.75, 3.05) is 5.32 Å². The smallest absolute Gasteiger partial charge is 0.267 e. The van der Waals surface area contributed by atoms with Crippen LogP contribution in [0.3, 0.4) is 0 Å². The third kappa shape index (κ3) is 2.58. The first-order valence-corrected chi connectivity index (χ1v) is 6.90. The van der Waals surface area contributed by atoms with E-state index < -0.39 is 6.04 Å². The van der Waals surface area contributed by atoms with Gasteiger partial charge in [-0.25, -0.2) is 4.68 Å². The van der Waals surface area contributed by atoms with Crippen LogP contribution in [0.15, 0.2) is 21.5 Å². The molecule has 7 nitrogen and oxygen atoms in total. The number of aryl methyl sites for hydroxylation is 3. The van der Waals surface area contributed by atoms with E-state index in [9.17, 15) is 9.59 Å². The second-order valence-corrected chi connectivity index (χ2v) is 5.25. The summed E-state index contributed by atoms with van der Waals surface area (Å²) in [6.45, 7) is 3.39. The van der Waals surface area contributed by atoms with Crippen LogP contribution in [-0.4, -0.2) is 20.8 Å². The highest BCUT2D eigenvalue weighted by atomic mass is 16.5. The van der Waals surface area contributed by atoms with Crippen molar-refractivity contribution in [3.8, 4) is 0 Å². The molecule has 1 atom stereocenters. The normalized spacial score (nSPS) is 14.8. The van der Waals surface area contributed by atoms with Crippen LogP contribution in [0.5, 0.6) is 0 Å². The third-order valence-electron chi connectivity index (χ3n) is 3.60. The van der Waals surface area contributed by atoms with Crippen LogP contribution in [0.2, 0.25) is 0 Å². The van der Waals surface area contributed by atoms with E-state index in [4.69, 9.17) is 4.52 Å². The van der Waals surface area contributed by atoms with Crippen molar-refractivity contribution in [1.82, 2.24) is 14.9 Å². The number of amides is 1. The van der Waals surface area contributed by atoms with Crippen molar-refractivity contribution in [2.24, 2.45) is 0 Å². The number of fused-ring (bicyclic) bond motifs is 1. The summed E-state index contributed by atoms with van der Waals surface area (Å²) >= 11 is 0.